The van der Waals surface area contributed by atoms with Gasteiger partial charge in [0.05, 0.1) is 0 Å². The van der Waals surface area contributed by atoms with Crippen molar-refractivity contribution in [1.29, 1.82) is 0 Å². The van der Waals surface area contributed by atoms with Gasteiger partial charge in [0.25, 0.3) is 0 Å². The number of nitroso groups, excluding NO2 is 1. The summed E-state index contributed by atoms with van der Waals surface area (Å²) in [7, 11) is 0. The van der Waals surface area contributed by atoms with Crippen LogP contribution in [0.5, 0.6) is 0 Å². The van der Waals surface area contributed by atoms with Crippen molar-refractivity contribution >= 4 is 0 Å². The van der Waals surface area contributed by atoms with E-state index in [1.807, 2.05) is 0 Å². The van der Waals surface area contributed by atoms with E-state index in [0.29, 0.717) is 11.5 Å². The zero-order valence-electron chi connectivity index (χ0n) is 5.00. The van der Waals surface area contributed by atoms with E-state index in [2.05, 4.69) is 14.9 Å². The van der Waals surface area contributed by atoms with Crippen LogP contribution in [0.2, 0.25) is 0 Å². The van der Waals surface area contributed by atoms with E-state index in [1.54, 1.807) is 13.0 Å². The van der Waals surface area contributed by atoms with Gasteiger partial charge in [-0.05, 0) is 6.92 Å². The van der Waals surface area contributed by atoms with Gasteiger partial charge in [0.1, 0.15) is 18.0 Å². The Morgan fingerprint density at radius 1 is 1.89 bits per heavy atom. The summed E-state index contributed by atoms with van der Waals surface area (Å²) in [6.07, 6.45) is 0. The molecule has 9 heavy (non-hydrogen) atoms. The highest BCUT2D eigenvalue weighted by atomic mass is 16.5. The molecular formula is C5H6N2O2. The molecule has 0 aliphatic heterocycles. The fourth-order valence-corrected chi connectivity index (χ4v) is 0.559. The molecule has 0 fully saturated rings. The summed E-state index contributed by atoms with van der Waals surface area (Å²) in [6, 6.07) is 1.68. The minimum absolute atomic E-state index is 0.0946. The molecule has 0 bridgehead atoms. The molecule has 0 spiro atoms. The summed E-state index contributed by atoms with van der Waals surface area (Å²) >= 11 is 0. The van der Waals surface area contributed by atoms with Gasteiger partial charge < -0.3 is 4.52 Å². The Labute approximate surface area is 51.8 Å². The summed E-state index contributed by atoms with van der Waals surface area (Å²) in [5.41, 5.74) is 0.586. The van der Waals surface area contributed by atoms with E-state index in [9.17, 15) is 4.91 Å². The fourth-order valence-electron chi connectivity index (χ4n) is 0.559. The first-order chi connectivity index (χ1) is 4.33. The van der Waals surface area contributed by atoms with Crippen molar-refractivity contribution in [1.82, 2.24) is 5.16 Å². The van der Waals surface area contributed by atoms with Gasteiger partial charge in [0, 0.05) is 6.07 Å². The van der Waals surface area contributed by atoms with Gasteiger partial charge in [-0.3, -0.25) is 0 Å². The maximum absolute atomic E-state index is 9.65. The summed E-state index contributed by atoms with van der Waals surface area (Å²) in [5.74, 6) is 0.702. The Balaban J connectivity index is 2.72. The predicted molar refractivity (Wildman–Crippen MR) is 30.7 cm³/mol. The zero-order chi connectivity index (χ0) is 6.69. The number of hydrogen-bond acceptors (Lipinski definition) is 4. The SMILES string of the molecule is Cc1cc(CN=O)no1. The summed E-state index contributed by atoms with van der Waals surface area (Å²) < 4.78 is 4.67. The lowest BCUT2D eigenvalue weighted by molar-refractivity contribution is 0.391. The van der Waals surface area contributed by atoms with Crippen molar-refractivity contribution in [2.75, 3.05) is 0 Å². The molecule has 0 atom stereocenters. The molecule has 4 heteroatoms. The van der Waals surface area contributed by atoms with Crippen molar-refractivity contribution in [2.45, 2.75) is 13.5 Å². The van der Waals surface area contributed by atoms with Crippen LogP contribution < -0.4 is 0 Å². The van der Waals surface area contributed by atoms with E-state index < -0.39 is 0 Å². The van der Waals surface area contributed by atoms with Crippen LogP contribution in [0.1, 0.15) is 11.5 Å². The van der Waals surface area contributed by atoms with Gasteiger partial charge in [-0.25, -0.2) is 0 Å². The lowest BCUT2D eigenvalue weighted by atomic mass is 10.4. The molecule has 1 aromatic rings. The number of rotatable bonds is 2. The number of aryl methyl sites for hydroxylation is 1. The Kier molecular flexibility index (Phi) is 1.58. The molecule has 4 nitrogen and oxygen atoms in total. The average Bonchev–Trinajstić information content (AvgIpc) is 2.17. The van der Waals surface area contributed by atoms with Crippen LogP contribution in [0.25, 0.3) is 0 Å². The van der Waals surface area contributed by atoms with Crippen LogP contribution in [0.3, 0.4) is 0 Å². The second kappa shape index (κ2) is 2.39. The molecule has 0 aliphatic rings. The second-order valence-corrected chi connectivity index (χ2v) is 1.72. The molecule has 0 amide bonds. The van der Waals surface area contributed by atoms with Gasteiger partial charge in [-0.1, -0.05) is 10.3 Å². The Bertz CT molecular complexity index is 206. The predicted octanol–water partition coefficient (Wildman–Crippen LogP) is 1.25. The van der Waals surface area contributed by atoms with Gasteiger partial charge in [-0.2, -0.15) is 4.91 Å². The van der Waals surface area contributed by atoms with Crippen molar-refractivity contribution in [2.24, 2.45) is 5.18 Å². The average molecular weight is 126 g/mol. The van der Waals surface area contributed by atoms with Gasteiger partial charge in [-0.15, -0.1) is 0 Å². The molecule has 0 saturated heterocycles. The third-order valence-electron chi connectivity index (χ3n) is 0.903. The monoisotopic (exact) mass is 126 g/mol. The van der Waals surface area contributed by atoms with Crippen LogP contribution >= 0.6 is 0 Å². The normalized spacial score (nSPS) is 9.44. The lowest BCUT2D eigenvalue weighted by Crippen LogP contribution is -1.75. The largest absolute Gasteiger partial charge is 0.361 e. The molecule has 0 radical (unpaired) electrons. The highest BCUT2D eigenvalue weighted by Gasteiger charge is 1.97. The molecule has 1 rings (SSSR count). The van der Waals surface area contributed by atoms with E-state index >= 15 is 0 Å². The van der Waals surface area contributed by atoms with Crippen LogP contribution in [0.4, 0.5) is 0 Å². The number of aromatic nitrogens is 1. The second-order valence-electron chi connectivity index (χ2n) is 1.72. The number of hydrogen-bond donors (Lipinski definition) is 0. The molecular weight excluding hydrogens is 120 g/mol. The maximum Gasteiger partial charge on any atom is 0.134 e. The van der Waals surface area contributed by atoms with Crippen molar-refractivity contribution in [3.8, 4) is 0 Å². The highest BCUT2D eigenvalue weighted by Crippen LogP contribution is 2.01. The van der Waals surface area contributed by atoms with Crippen molar-refractivity contribution in [3.63, 3.8) is 0 Å². The smallest absolute Gasteiger partial charge is 0.134 e. The lowest BCUT2D eigenvalue weighted by Gasteiger charge is -1.74. The summed E-state index contributed by atoms with van der Waals surface area (Å²) in [6.45, 7) is 1.86. The molecule has 0 aliphatic carbocycles. The Hall–Kier alpha value is -1.19. The third-order valence-corrected chi connectivity index (χ3v) is 0.903. The first-order valence-electron chi connectivity index (χ1n) is 2.54. The maximum atomic E-state index is 9.65. The molecule has 1 aromatic heterocycles. The quantitative estimate of drug-likeness (QED) is 0.560. The molecule has 0 unspecified atom stereocenters. The molecule has 0 saturated carbocycles. The molecule has 1 heterocycles. The summed E-state index contributed by atoms with van der Waals surface area (Å²) in [4.78, 5) is 9.65. The van der Waals surface area contributed by atoms with Crippen LogP contribution in [0, 0.1) is 11.8 Å². The third kappa shape index (κ3) is 1.35. The van der Waals surface area contributed by atoms with Crippen LogP contribution in [0.15, 0.2) is 15.8 Å². The van der Waals surface area contributed by atoms with Crippen molar-refractivity contribution < 1.29 is 4.52 Å². The highest BCUT2D eigenvalue weighted by molar-refractivity contribution is 5.02. The van der Waals surface area contributed by atoms with Gasteiger partial charge in [0.2, 0.25) is 0 Å². The minimum atomic E-state index is 0.0946. The van der Waals surface area contributed by atoms with Gasteiger partial charge >= 0.3 is 0 Å². The van der Waals surface area contributed by atoms with Gasteiger partial charge in [0.15, 0.2) is 0 Å². The molecule has 48 valence electrons. The first-order valence-corrected chi connectivity index (χ1v) is 2.54. The first kappa shape index (κ1) is 5.94. The standard InChI is InChI=1S/C5H6N2O2/c1-4-2-5(3-6-8)7-9-4/h2H,3H2,1H3. The van der Waals surface area contributed by atoms with E-state index in [1.165, 1.54) is 0 Å². The fraction of sp³-hybridized carbons (Fsp3) is 0.400. The zero-order valence-corrected chi connectivity index (χ0v) is 5.00. The van der Waals surface area contributed by atoms with E-state index in [4.69, 9.17) is 0 Å². The Morgan fingerprint density at radius 2 is 2.67 bits per heavy atom. The Morgan fingerprint density at radius 3 is 3.11 bits per heavy atom. The number of nitrogens with zero attached hydrogens (tertiary/aromatic N) is 2. The van der Waals surface area contributed by atoms with E-state index in [0.717, 1.165) is 0 Å². The topological polar surface area (TPSA) is 55.5 Å². The van der Waals surface area contributed by atoms with Crippen LogP contribution in [-0.4, -0.2) is 5.16 Å². The molecule has 0 aromatic carbocycles. The van der Waals surface area contributed by atoms with Crippen LogP contribution in [-0.2, 0) is 6.54 Å². The molecule has 0 N–H and O–H groups in total. The van der Waals surface area contributed by atoms with E-state index in [-0.39, 0.29) is 6.54 Å². The minimum Gasteiger partial charge on any atom is -0.361 e. The summed E-state index contributed by atoms with van der Waals surface area (Å²) in [5, 5.41) is 6.18. The van der Waals surface area contributed by atoms with Crippen molar-refractivity contribution in [3.05, 3.63) is 22.4 Å².